The van der Waals surface area contributed by atoms with Crippen LogP contribution in [0, 0.1) is 11.6 Å². The molecule has 2 aromatic heterocycles. The summed E-state index contributed by atoms with van der Waals surface area (Å²) in [5.41, 5.74) is 4.50. The van der Waals surface area contributed by atoms with Crippen LogP contribution in [-0.4, -0.2) is 38.3 Å². The van der Waals surface area contributed by atoms with E-state index in [9.17, 15) is 9.18 Å². The highest BCUT2D eigenvalue weighted by Gasteiger charge is 2.28. The summed E-state index contributed by atoms with van der Waals surface area (Å²) >= 11 is 0. The fraction of sp³-hybridized carbons (Fsp3) is 0.310. The summed E-state index contributed by atoms with van der Waals surface area (Å²) in [7, 11) is 0. The van der Waals surface area contributed by atoms with Gasteiger partial charge in [-0.3, -0.25) is 4.79 Å². The van der Waals surface area contributed by atoms with E-state index in [0.29, 0.717) is 36.5 Å². The molecule has 0 fully saturated rings. The Labute approximate surface area is 220 Å². The van der Waals surface area contributed by atoms with Crippen molar-refractivity contribution < 1.29 is 13.6 Å². The lowest BCUT2D eigenvalue weighted by atomic mass is 9.90. The maximum Gasteiger partial charge on any atom is 0.246 e. The Bertz CT molecular complexity index is 1470. The Hall–Kier alpha value is -4.14. The molecule has 4 heterocycles. The second-order valence-corrected chi connectivity index (χ2v) is 9.98. The predicted molar refractivity (Wildman–Crippen MR) is 144 cm³/mol. The third-order valence-corrected chi connectivity index (χ3v) is 7.00. The topological polar surface area (TPSA) is 74.2 Å². The molecule has 0 bridgehead atoms. The molecule has 0 saturated heterocycles. The summed E-state index contributed by atoms with van der Waals surface area (Å²) in [6, 6.07) is 6.90. The van der Waals surface area contributed by atoms with Crippen molar-refractivity contribution >= 4 is 23.4 Å². The van der Waals surface area contributed by atoms with Gasteiger partial charge in [-0.2, -0.15) is 0 Å². The molecule has 5 rings (SSSR count). The fourth-order valence-corrected chi connectivity index (χ4v) is 5.34. The van der Waals surface area contributed by atoms with E-state index in [-0.39, 0.29) is 29.5 Å². The Morgan fingerprint density at radius 1 is 1.21 bits per heavy atom. The van der Waals surface area contributed by atoms with Crippen LogP contribution in [0.2, 0.25) is 0 Å². The number of allylic oxidation sites excluding steroid dienone is 2. The van der Waals surface area contributed by atoms with E-state index in [2.05, 4.69) is 31.7 Å². The number of hydrogen-bond donors (Lipinski definition) is 1. The average molecular weight is 517 g/mol. The number of fused-ring (bicyclic) bond motifs is 2. The van der Waals surface area contributed by atoms with Gasteiger partial charge >= 0.3 is 0 Å². The monoisotopic (exact) mass is 516 g/mol. The van der Waals surface area contributed by atoms with Crippen molar-refractivity contribution in [2.45, 2.75) is 52.6 Å². The fourth-order valence-electron chi connectivity index (χ4n) is 5.34. The summed E-state index contributed by atoms with van der Waals surface area (Å²) in [6.07, 6.45) is 5.03. The molecule has 2 aliphatic heterocycles. The number of benzene rings is 1. The average Bonchev–Trinajstić information content (AvgIpc) is 2.88. The van der Waals surface area contributed by atoms with Crippen molar-refractivity contribution in [3.05, 3.63) is 83.3 Å². The first-order chi connectivity index (χ1) is 18.2. The van der Waals surface area contributed by atoms with Crippen LogP contribution in [0.5, 0.6) is 0 Å². The highest BCUT2D eigenvalue weighted by Crippen LogP contribution is 2.42. The number of anilines is 3. The maximum absolute atomic E-state index is 15.4. The van der Waals surface area contributed by atoms with E-state index in [1.54, 1.807) is 17.0 Å². The molecule has 0 radical (unpaired) electrons. The van der Waals surface area contributed by atoms with Gasteiger partial charge in [0.25, 0.3) is 0 Å². The molecule has 7 nitrogen and oxygen atoms in total. The van der Waals surface area contributed by atoms with Gasteiger partial charge in [-0.05, 0) is 50.6 Å². The zero-order valence-corrected chi connectivity index (χ0v) is 21.9. The first kappa shape index (κ1) is 25.5. The van der Waals surface area contributed by atoms with Crippen LogP contribution < -0.4 is 10.2 Å². The van der Waals surface area contributed by atoms with Gasteiger partial charge in [0.15, 0.2) is 5.82 Å². The van der Waals surface area contributed by atoms with Crippen LogP contribution in [0.15, 0.2) is 54.9 Å². The Morgan fingerprint density at radius 2 is 2.00 bits per heavy atom. The maximum atomic E-state index is 15.4. The molecule has 0 spiro atoms. The van der Waals surface area contributed by atoms with Crippen molar-refractivity contribution in [2.24, 2.45) is 0 Å². The van der Waals surface area contributed by atoms with Crippen LogP contribution in [0.4, 0.5) is 26.2 Å². The molecule has 1 unspecified atom stereocenters. The van der Waals surface area contributed by atoms with Gasteiger partial charge in [0.2, 0.25) is 11.9 Å². The summed E-state index contributed by atoms with van der Waals surface area (Å²) in [6.45, 7) is 12.6. The minimum atomic E-state index is -0.646. The number of carbonyl (C=O) groups excluding carboxylic acids is 1. The molecule has 0 aliphatic carbocycles. The summed E-state index contributed by atoms with van der Waals surface area (Å²) in [5.74, 6) is -0.599. The van der Waals surface area contributed by atoms with Gasteiger partial charge in [-0.15, -0.1) is 0 Å². The number of nitrogens with zero attached hydrogens (tertiary/aromatic N) is 5. The minimum Gasteiger partial charge on any atom is -0.343 e. The molecule has 0 saturated carbocycles. The minimum absolute atomic E-state index is 0.00399. The third kappa shape index (κ3) is 4.64. The molecule has 1 N–H and O–H groups in total. The zero-order valence-electron chi connectivity index (χ0n) is 21.9. The normalized spacial score (nSPS) is 16.6. The lowest BCUT2D eigenvalue weighted by Gasteiger charge is -2.37. The molecule has 3 aromatic rings. The number of aromatic nitrogens is 3. The van der Waals surface area contributed by atoms with Gasteiger partial charge in [0, 0.05) is 59.7 Å². The number of nitrogens with one attached hydrogen (secondary N) is 1. The van der Waals surface area contributed by atoms with Gasteiger partial charge in [0.1, 0.15) is 17.3 Å². The van der Waals surface area contributed by atoms with Crippen molar-refractivity contribution in [1.29, 1.82) is 0 Å². The number of hydrogen-bond acceptors (Lipinski definition) is 6. The third-order valence-electron chi connectivity index (χ3n) is 7.00. The van der Waals surface area contributed by atoms with Gasteiger partial charge < -0.3 is 15.1 Å². The van der Waals surface area contributed by atoms with E-state index in [1.165, 1.54) is 12.1 Å². The smallest absolute Gasteiger partial charge is 0.246 e. The van der Waals surface area contributed by atoms with Crippen LogP contribution in [0.1, 0.15) is 50.4 Å². The van der Waals surface area contributed by atoms with Crippen LogP contribution in [0.3, 0.4) is 0 Å². The first-order valence-corrected chi connectivity index (χ1v) is 12.7. The van der Waals surface area contributed by atoms with E-state index in [1.807, 2.05) is 39.8 Å². The second-order valence-electron chi connectivity index (χ2n) is 9.98. The quantitative estimate of drug-likeness (QED) is 0.428. The van der Waals surface area contributed by atoms with Gasteiger partial charge in [0.05, 0.1) is 6.20 Å². The lowest BCUT2D eigenvalue weighted by molar-refractivity contribution is -0.126. The van der Waals surface area contributed by atoms with Crippen LogP contribution in [0.25, 0.3) is 11.3 Å². The predicted octanol–water partition coefficient (Wildman–Crippen LogP) is 5.87. The Morgan fingerprint density at radius 3 is 2.74 bits per heavy atom. The first-order valence-electron chi connectivity index (χ1n) is 12.7. The molecule has 1 amide bonds. The number of amides is 1. The van der Waals surface area contributed by atoms with Crippen LogP contribution >= 0.6 is 0 Å². The van der Waals surface area contributed by atoms with Gasteiger partial charge in [-0.25, -0.2) is 23.7 Å². The van der Waals surface area contributed by atoms with Gasteiger partial charge in [-0.1, -0.05) is 25.6 Å². The summed E-state index contributed by atoms with van der Waals surface area (Å²) in [4.78, 5) is 28.8. The standard InChI is InChI=1S/C29H30F2N6O/c1-6-26(38)36-10-9-23-19(15-36)7-8-25(33-23)34-29-32-14-22(31)28(35-29)20-12-21(30)27-17(4)11-18(5)37(16(2)3)24(27)13-20/h6-8,11-14,16-17H,1,9-10,15H2,2-5H3,(H,32,33,34,35). The number of halogens is 2. The van der Waals surface area contributed by atoms with Crippen molar-refractivity contribution in [3.63, 3.8) is 0 Å². The molecule has 1 atom stereocenters. The molecule has 1 aromatic carbocycles. The van der Waals surface area contributed by atoms with Crippen LogP contribution in [-0.2, 0) is 17.8 Å². The highest BCUT2D eigenvalue weighted by atomic mass is 19.1. The van der Waals surface area contributed by atoms with E-state index < -0.39 is 11.6 Å². The van der Waals surface area contributed by atoms with Crippen molar-refractivity contribution in [3.8, 4) is 11.3 Å². The van der Waals surface area contributed by atoms with E-state index in [4.69, 9.17) is 0 Å². The number of carbonyl (C=O) groups is 1. The second kappa shape index (κ2) is 9.96. The zero-order chi connectivity index (χ0) is 27.1. The molecule has 2 aliphatic rings. The summed E-state index contributed by atoms with van der Waals surface area (Å²) < 4.78 is 30.4. The Balaban J connectivity index is 1.46. The molecule has 38 heavy (non-hydrogen) atoms. The van der Waals surface area contributed by atoms with E-state index in [0.717, 1.165) is 28.8 Å². The molecular formula is C29H30F2N6O. The summed E-state index contributed by atoms with van der Waals surface area (Å²) in [5, 5.41) is 3.04. The number of pyridine rings is 1. The largest absolute Gasteiger partial charge is 0.343 e. The lowest BCUT2D eigenvalue weighted by Crippen LogP contribution is -2.35. The van der Waals surface area contributed by atoms with E-state index >= 15 is 4.39 Å². The highest BCUT2D eigenvalue weighted by molar-refractivity contribution is 5.87. The van der Waals surface area contributed by atoms with Crippen molar-refractivity contribution in [1.82, 2.24) is 19.9 Å². The van der Waals surface area contributed by atoms with Crippen molar-refractivity contribution in [2.75, 3.05) is 16.8 Å². The molecule has 196 valence electrons. The SMILES string of the molecule is C=CC(=O)N1CCc2nc(Nc3ncc(F)c(-c4cc(F)c5c(c4)N(C(C)C)C(C)=CC5C)n3)ccc2C1. The Kier molecular flexibility index (Phi) is 6.69. The molecular weight excluding hydrogens is 486 g/mol. The molecule has 9 heteroatoms. The number of rotatable bonds is 5.